The topological polar surface area (TPSA) is 61.4 Å². The summed E-state index contributed by atoms with van der Waals surface area (Å²) >= 11 is -1.32. The Balaban J connectivity index is 3.00. The first-order valence-electron chi connectivity index (χ1n) is 7.75. The minimum Gasteiger partial charge on any atom is -0.598 e. The minimum absolute atomic E-state index is 0.322. The van der Waals surface area contributed by atoms with Crippen LogP contribution in [0.2, 0.25) is 0 Å². The zero-order valence-corrected chi connectivity index (χ0v) is 14.6. The summed E-state index contributed by atoms with van der Waals surface area (Å²) in [4.78, 5) is 12.4. The van der Waals surface area contributed by atoms with E-state index in [1.165, 1.54) is 6.42 Å². The van der Waals surface area contributed by atoms with Gasteiger partial charge in [-0.05, 0) is 40.5 Å². The number of hydrogen-bond donors (Lipinski definition) is 1. The summed E-state index contributed by atoms with van der Waals surface area (Å²) in [7, 11) is 0. The molecule has 0 aromatic carbocycles. The second-order valence-electron chi connectivity index (χ2n) is 6.68. The van der Waals surface area contributed by atoms with Gasteiger partial charge in [-0.25, -0.2) is 0 Å². The molecule has 0 radical (unpaired) electrons. The van der Waals surface area contributed by atoms with Gasteiger partial charge in [0.1, 0.15) is 4.75 Å². The van der Waals surface area contributed by atoms with Gasteiger partial charge in [-0.1, -0.05) is 25.3 Å². The minimum atomic E-state index is -1.32. The van der Waals surface area contributed by atoms with Crippen LogP contribution in [0.5, 0.6) is 0 Å². The second kappa shape index (κ2) is 7.65. The predicted octanol–water partition coefficient (Wildman–Crippen LogP) is 3.11. The quantitative estimate of drug-likeness (QED) is 0.465. The highest BCUT2D eigenvalue weighted by atomic mass is 32.2. The molecule has 0 heterocycles. The Morgan fingerprint density at radius 2 is 2.00 bits per heavy atom. The fraction of sp³-hybridized carbons (Fsp3) is 0.812. The molecule has 1 N–H and O–H groups in total. The molecule has 0 aromatic heterocycles. The molecule has 5 heteroatoms. The molecule has 2 atom stereocenters. The summed E-state index contributed by atoms with van der Waals surface area (Å²) in [6.45, 7) is 11.7. The van der Waals surface area contributed by atoms with Crippen LogP contribution >= 0.6 is 0 Å². The third kappa shape index (κ3) is 4.73. The monoisotopic (exact) mass is 315 g/mol. The molecule has 0 saturated heterocycles. The Bertz CT molecular complexity index is 359. The fourth-order valence-electron chi connectivity index (χ4n) is 2.73. The summed E-state index contributed by atoms with van der Waals surface area (Å²) in [5, 5.41) is 0. The molecule has 0 aromatic rings. The normalized spacial score (nSPS) is 21.4. The third-order valence-corrected chi connectivity index (χ3v) is 5.63. The summed E-state index contributed by atoms with van der Waals surface area (Å²) in [6.07, 6.45) is 6.92. The van der Waals surface area contributed by atoms with Crippen molar-refractivity contribution in [2.75, 3.05) is 6.61 Å². The number of carbonyl (C=O) groups excluding carboxylic acids is 1. The van der Waals surface area contributed by atoms with Crippen molar-refractivity contribution in [2.24, 2.45) is 5.41 Å². The molecule has 1 unspecified atom stereocenters. The van der Waals surface area contributed by atoms with Gasteiger partial charge in [-0.2, -0.15) is 0 Å². The Labute approximate surface area is 132 Å². The van der Waals surface area contributed by atoms with E-state index in [0.29, 0.717) is 6.61 Å². The fourth-order valence-corrected chi connectivity index (χ4v) is 3.63. The zero-order valence-electron chi connectivity index (χ0n) is 13.7. The lowest BCUT2D eigenvalue weighted by atomic mass is 9.69. The highest BCUT2D eigenvalue weighted by Gasteiger charge is 2.46. The molecule has 21 heavy (non-hydrogen) atoms. The average molecular weight is 315 g/mol. The molecular formula is C16H29NO3S. The first-order chi connectivity index (χ1) is 9.77. The van der Waals surface area contributed by atoms with Gasteiger partial charge >= 0.3 is 5.97 Å². The molecule has 1 aliphatic carbocycles. The van der Waals surface area contributed by atoms with Crippen molar-refractivity contribution in [3.8, 4) is 0 Å². The molecule has 4 nitrogen and oxygen atoms in total. The van der Waals surface area contributed by atoms with Gasteiger partial charge in [0.2, 0.25) is 0 Å². The van der Waals surface area contributed by atoms with Crippen LogP contribution in [0, 0.1) is 5.41 Å². The van der Waals surface area contributed by atoms with E-state index in [2.05, 4.69) is 11.3 Å². The highest BCUT2D eigenvalue weighted by molar-refractivity contribution is 7.90. The summed E-state index contributed by atoms with van der Waals surface area (Å²) in [5.41, 5.74) is -0.356. The van der Waals surface area contributed by atoms with E-state index in [4.69, 9.17) is 4.74 Å². The van der Waals surface area contributed by atoms with E-state index in [1.807, 2.05) is 26.8 Å². The molecule has 1 rings (SSSR count). The van der Waals surface area contributed by atoms with Gasteiger partial charge in [-0.3, -0.25) is 4.79 Å². The largest absolute Gasteiger partial charge is 0.598 e. The number of hydrogen-bond acceptors (Lipinski definition) is 4. The van der Waals surface area contributed by atoms with Crippen molar-refractivity contribution >= 4 is 17.3 Å². The SMILES string of the molecule is C=CC1([C@H](N[S+]([O-])C(C)(C)C)C(=O)OCC)CCCCC1. The lowest BCUT2D eigenvalue weighted by Crippen LogP contribution is -2.56. The van der Waals surface area contributed by atoms with Crippen LogP contribution in [0.1, 0.15) is 59.8 Å². The molecule has 1 aliphatic rings. The first kappa shape index (κ1) is 18.5. The van der Waals surface area contributed by atoms with Crippen LogP contribution in [0.4, 0.5) is 0 Å². The summed E-state index contributed by atoms with van der Waals surface area (Å²) < 4.78 is 20.3. The maximum absolute atomic E-state index is 12.4. The lowest BCUT2D eigenvalue weighted by Gasteiger charge is -2.40. The van der Waals surface area contributed by atoms with Crippen LogP contribution in [-0.2, 0) is 20.9 Å². The van der Waals surface area contributed by atoms with Crippen LogP contribution in [0.25, 0.3) is 0 Å². The molecular weight excluding hydrogens is 286 g/mol. The van der Waals surface area contributed by atoms with Gasteiger partial charge in [0, 0.05) is 16.8 Å². The number of rotatable bonds is 6. The van der Waals surface area contributed by atoms with Gasteiger partial charge in [0.05, 0.1) is 6.61 Å². The van der Waals surface area contributed by atoms with Gasteiger partial charge in [0.25, 0.3) is 0 Å². The number of ether oxygens (including phenoxy) is 1. The van der Waals surface area contributed by atoms with Crippen LogP contribution < -0.4 is 4.72 Å². The molecule has 0 bridgehead atoms. The van der Waals surface area contributed by atoms with Crippen LogP contribution in [0.3, 0.4) is 0 Å². The maximum Gasteiger partial charge on any atom is 0.328 e. The van der Waals surface area contributed by atoms with Gasteiger partial charge in [-0.15, -0.1) is 11.3 Å². The highest BCUT2D eigenvalue weighted by Crippen LogP contribution is 2.41. The smallest absolute Gasteiger partial charge is 0.328 e. The molecule has 122 valence electrons. The van der Waals surface area contributed by atoms with Crippen molar-refractivity contribution in [2.45, 2.75) is 70.6 Å². The van der Waals surface area contributed by atoms with Gasteiger partial charge in [0.15, 0.2) is 6.04 Å². The maximum atomic E-state index is 12.4. The van der Waals surface area contributed by atoms with E-state index in [1.54, 1.807) is 6.92 Å². The van der Waals surface area contributed by atoms with Crippen molar-refractivity contribution in [1.82, 2.24) is 4.72 Å². The molecule has 0 amide bonds. The molecule has 0 spiro atoms. The Kier molecular flexibility index (Phi) is 6.75. The Hall–Kier alpha value is -0.520. The van der Waals surface area contributed by atoms with Crippen molar-refractivity contribution < 1.29 is 14.1 Å². The second-order valence-corrected chi connectivity index (χ2v) is 8.68. The number of esters is 1. The standard InChI is InChI=1S/C16H29NO3S/c1-6-16(11-9-8-10-12-16)13(14(18)20-7-2)17-21(19)15(3,4)5/h6,13,17H,1,7-12H2,2-5H3/t13-,21?/m1/s1. The average Bonchev–Trinajstić information content (AvgIpc) is 2.44. The Morgan fingerprint density at radius 1 is 1.43 bits per heavy atom. The molecule has 0 aliphatic heterocycles. The molecule has 1 fully saturated rings. The lowest BCUT2D eigenvalue weighted by molar-refractivity contribution is -0.148. The predicted molar refractivity (Wildman–Crippen MR) is 87.2 cm³/mol. The summed E-state index contributed by atoms with van der Waals surface area (Å²) in [6, 6.07) is -0.588. The van der Waals surface area contributed by atoms with Crippen LogP contribution in [0.15, 0.2) is 12.7 Å². The van der Waals surface area contributed by atoms with E-state index in [-0.39, 0.29) is 11.4 Å². The third-order valence-electron chi connectivity index (χ3n) is 4.07. The number of nitrogens with one attached hydrogen (secondary N) is 1. The van der Waals surface area contributed by atoms with E-state index >= 15 is 0 Å². The van der Waals surface area contributed by atoms with Crippen molar-refractivity contribution in [1.29, 1.82) is 0 Å². The van der Waals surface area contributed by atoms with Crippen molar-refractivity contribution in [3.63, 3.8) is 0 Å². The van der Waals surface area contributed by atoms with Gasteiger partial charge < -0.3 is 9.29 Å². The zero-order chi connectivity index (χ0) is 16.1. The first-order valence-corrected chi connectivity index (χ1v) is 8.90. The summed E-state index contributed by atoms with van der Waals surface area (Å²) in [5.74, 6) is -0.322. The Morgan fingerprint density at radius 3 is 2.43 bits per heavy atom. The number of carbonyl (C=O) groups is 1. The van der Waals surface area contributed by atoms with Crippen LogP contribution in [-0.4, -0.2) is 27.9 Å². The van der Waals surface area contributed by atoms with E-state index < -0.39 is 22.2 Å². The van der Waals surface area contributed by atoms with E-state index in [9.17, 15) is 9.35 Å². The van der Waals surface area contributed by atoms with Crippen molar-refractivity contribution in [3.05, 3.63) is 12.7 Å². The molecule has 1 saturated carbocycles. The van der Waals surface area contributed by atoms with E-state index in [0.717, 1.165) is 25.7 Å².